The fourth-order valence-electron chi connectivity index (χ4n) is 2.45. The van der Waals surface area contributed by atoms with Gasteiger partial charge >= 0.3 is 0 Å². The number of likely N-dealkylation sites (N-methyl/N-ethyl adjacent to an activating group) is 1. The topological polar surface area (TPSA) is 15.3 Å². The third kappa shape index (κ3) is 2.84. The van der Waals surface area contributed by atoms with E-state index in [-0.39, 0.29) is 0 Å². The van der Waals surface area contributed by atoms with Crippen LogP contribution in [0.2, 0.25) is 0 Å². The molecule has 2 heterocycles. The maximum Gasteiger partial charge on any atom is 0.0412 e. The summed E-state index contributed by atoms with van der Waals surface area (Å²) in [4.78, 5) is 3.96. The molecule has 0 bridgehead atoms. The van der Waals surface area contributed by atoms with Crippen LogP contribution in [-0.4, -0.2) is 31.1 Å². The average molecular weight is 238 g/mol. The lowest BCUT2D eigenvalue weighted by Gasteiger charge is -2.23. The lowest BCUT2D eigenvalue weighted by Crippen LogP contribution is -2.36. The number of hydrogen-bond acceptors (Lipinski definition) is 3. The summed E-state index contributed by atoms with van der Waals surface area (Å²) in [5.74, 6) is 0. The molecule has 16 heavy (non-hydrogen) atoms. The van der Waals surface area contributed by atoms with Crippen LogP contribution in [0.15, 0.2) is 17.5 Å². The highest BCUT2D eigenvalue weighted by Gasteiger charge is 2.21. The molecular formula is C13H22N2S. The summed E-state index contributed by atoms with van der Waals surface area (Å²) in [5.41, 5.74) is 0. The molecule has 1 saturated heterocycles. The van der Waals surface area contributed by atoms with Gasteiger partial charge in [0.05, 0.1) is 0 Å². The number of likely N-dealkylation sites (tertiary alicyclic amines) is 1. The molecule has 90 valence electrons. The molecule has 2 rings (SSSR count). The summed E-state index contributed by atoms with van der Waals surface area (Å²) < 4.78 is 0. The Morgan fingerprint density at radius 3 is 3.06 bits per heavy atom. The van der Waals surface area contributed by atoms with Gasteiger partial charge in [-0.15, -0.1) is 11.3 Å². The molecule has 1 aliphatic heterocycles. The molecule has 1 fully saturated rings. The second kappa shape index (κ2) is 5.80. The molecule has 1 aromatic rings. The predicted molar refractivity (Wildman–Crippen MR) is 71.0 cm³/mol. The van der Waals surface area contributed by atoms with E-state index in [1.807, 2.05) is 11.3 Å². The van der Waals surface area contributed by atoms with Crippen LogP contribution in [0.25, 0.3) is 0 Å². The van der Waals surface area contributed by atoms with Crippen molar-refractivity contribution in [3.05, 3.63) is 22.4 Å². The van der Waals surface area contributed by atoms with Gasteiger partial charge in [0.25, 0.3) is 0 Å². The third-order valence-corrected chi connectivity index (χ3v) is 4.55. The Morgan fingerprint density at radius 2 is 2.50 bits per heavy atom. The van der Waals surface area contributed by atoms with Gasteiger partial charge in [0, 0.05) is 23.5 Å². The molecule has 3 heteroatoms. The van der Waals surface area contributed by atoms with E-state index in [2.05, 4.69) is 41.7 Å². The molecule has 0 radical (unpaired) electrons. The minimum absolute atomic E-state index is 0.550. The molecule has 0 aromatic carbocycles. The van der Waals surface area contributed by atoms with E-state index in [1.54, 1.807) is 0 Å². The SMILES string of the molecule is CCC(NCC1CCCN1C)c1cccs1. The van der Waals surface area contributed by atoms with Gasteiger partial charge in [0.15, 0.2) is 0 Å². The summed E-state index contributed by atoms with van der Waals surface area (Å²) in [7, 11) is 2.24. The van der Waals surface area contributed by atoms with Crippen molar-refractivity contribution in [3.8, 4) is 0 Å². The Balaban J connectivity index is 1.83. The van der Waals surface area contributed by atoms with E-state index >= 15 is 0 Å². The Labute approximate surface area is 103 Å². The Bertz CT molecular complexity index is 297. The van der Waals surface area contributed by atoms with E-state index in [0.29, 0.717) is 6.04 Å². The first-order chi connectivity index (χ1) is 7.81. The van der Waals surface area contributed by atoms with Crippen molar-refractivity contribution in [1.82, 2.24) is 10.2 Å². The summed E-state index contributed by atoms with van der Waals surface area (Å²) in [5, 5.41) is 5.88. The summed E-state index contributed by atoms with van der Waals surface area (Å²) in [6, 6.07) is 5.68. The maximum absolute atomic E-state index is 3.71. The van der Waals surface area contributed by atoms with Gasteiger partial charge in [-0.2, -0.15) is 0 Å². The average Bonchev–Trinajstić information content (AvgIpc) is 2.92. The Hall–Kier alpha value is -0.380. The zero-order chi connectivity index (χ0) is 11.4. The maximum atomic E-state index is 3.71. The first-order valence-electron chi connectivity index (χ1n) is 6.28. The highest BCUT2D eigenvalue weighted by atomic mass is 32.1. The van der Waals surface area contributed by atoms with Crippen LogP contribution >= 0.6 is 11.3 Å². The van der Waals surface area contributed by atoms with E-state index in [9.17, 15) is 0 Å². The third-order valence-electron chi connectivity index (χ3n) is 3.57. The smallest absolute Gasteiger partial charge is 0.0412 e. The number of thiophene rings is 1. The minimum atomic E-state index is 0.550. The predicted octanol–water partition coefficient (Wildman–Crippen LogP) is 2.88. The van der Waals surface area contributed by atoms with Crippen LogP contribution < -0.4 is 5.32 Å². The van der Waals surface area contributed by atoms with E-state index < -0.39 is 0 Å². The van der Waals surface area contributed by atoms with Gasteiger partial charge in [-0.1, -0.05) is 13.0 Å². The highest BCUT2D eigenvalue weighted by Crippen LogP contribution is 2.22. The van der Waals surface area contributed by atoms with E-state index in [4.69, 9.17) is 0 Å². The largest absolute Gasteiger partial charge is 0.308 e. The lowest BCUT2D eigenvalue weighted by molar-refractivity contribution is 0.291. The second-order valence-electron chi connectivity index (χ2n) is 4.66. The zero-order valence-corrected chi connectivity index (χ0v) is 11.1. The number of rotatable bonds is 5. The summed E-state index contributed by atoms with van der Waals surface area (Å²) in [6.45, 7) is 4.66. The molecule has 1 aliphatic rings. The molecule has 1 N–H and O–H groups in total. The first-order valence-corrected chi connectivity index (χ1v) is 7.16. The standard InChI is InChI=1S/C13H22N2S/c1-3-12(13-7-5-9-16-13)14-10-11-6-4-8-15(11)2/h5,7,9,11-12,14H,3-4,6,8,10H2,1-2H3. The quantitative estimate of drug-likeness (QED) is 0.848. The zero-order valence-electron chi connectivity index (χ0n) is 10.3. The van der Waals surface area contributed by atoms with Crippen molar-refractivity contribution in [3.63, 3.8) is 0 Å². The number of hydrogen-bond donors (Lipinski definition) is 1. The van der Waals surface area contributed by atoms with Crippen LogP contribution in [0, 0.1) is 0 Å². The van der Waals surface area contributed by atoms with Crippen molar-refractivity contribution < 1.29 is 0 Å². The normalized spacial score (nSPS) is 23.8. The molecule has 2 atom stereocenters. The van der Waals surface area contributed by atoms with Crippen LogP contribution in [-0.2, 0) is 0 Å². The van der Waals surface area contributed by atoms with Crippen LogP contribution in [0.1, 0.15) is 37.1 Å². The van der Waals surface area contributed by atoms with Crippen molar-refractivity contribution in [1.29, 1.82) is 0 Å². The molecule has 2 unspecified atom stereocenters. The molecule has 0 spiro atoms. The second-order valence-corrected chi connectivity index (χ2v) is 5.64. The highest BCUT2D eigenvalue weighted by molar-refractivity contribution is 7.10. The molecule has 0 aliphatic carbocycles. The molecule has 0 saturated carbocycles. The fraction of sp³-hybridized carbons (Fsp3) is 0.692. The monoisotopic (exact) mass is 238 g/mol. The van der Waals surface area contributed by atoms with E-state index in [0.717, 1.165) is 12.6 Å². The summed E-state index contributed by atoms with van der Waals surface area (Å²) >= 11 is 1.86. The van der Waals surface area contributed by atoms with Crippen molar-refractivity contribution >= 4 is 11.3 Å². The molecular weight excluding hydrogens is 216 g/mol. The van der Waals surface area contributed by atoms with Crippen molar-refractivity contribution in [2.24, 2.45) is 0 Å². The Kier molecular flexibility index (Phi) is 4.38. The van der Waals surface area contributed by atoms with Gasteiger partial charge in [0.2, 0.25) is 0 Å². The molecule has 1 aromatic heterocycles. The summed E-state index contributed by atoms with van der Waals surface area (Å²) in [6.07, 6.45) is 3.89. The number of nitrogens with zero attached hydrogens (tertiary/aromatic N) is 1. The van der Waals surface area contributed by atoms with Crippen LogP contribution in [0.3, 0.4) is 0 Å². The van der Waals surface area contributed by atoms with Gasteiger partial charge in [-0.05, 0) is 44.3 Å². The van der Waals surface area contributed by atoms with E-state index in [1.165, 1.54) is 30.7 Å². The number of nitrogens with one attached hydrogen (secondary N) is 1. The van der Waals surface area contributed by atoms with Gasteiger partial charge < -0.3 is 10.2 Å². The van der Waals surface area contributed by atoms with Crippen molar-refractivity contribution in [2.45, 2.75) is 38.3 Å². The van der Waals surface area contributed by atoms with Gasteiger partial charge in [0.1, 0.15) is 0 Å². The van der Waals surface area contributed by atoms with Crippen LogP contribution in [0.4, 0.5) is 0 Å². The molecule has 0 amide bonds. The Morgan fingerprint density at radius 1 is 1.62 bits per heavy atom. The fourth-order valence-corrected chi connectivity index (χ4v) is 3.34. The molecule has 2 nitrogen and oxygen atoms in total. The first kappa shape index (κ1) is 12.1. The minimum Gasteiger partial charge on any atom is -0.308 e. The van der Waals surface area contributed by atoms with Gasteiger partial charge in [-0.25, -0.2) is 0 Å². The van der Waals surface area contributed by atoms with Gasteiger partial charge in [-0.3, -0.25) is 0 Å². The lowest BCUT2D eigenvalue weighted by atomic mass is 10.1. The van der Waals surface area contributed by atoms with Crippen LogP contribution in [0.5, 0.6) is 0 Å². The van der Waals surface area contributed by atoms with Crippen molar-refractivity contribution in [2.75, 3.05) is 20.1 Å².